The first-order valence-electron chi connectivity index (χ1n) is 14.0. The van der Waals surface area contributed by atoms with Crippen LogP contribution in [0, 0.1) is 0 Å². The summed E-state index contributed by atoms with van der Waals surface area (Å²) in [5.74, 6) is 4.23. The van der Waals surface area contributed by atoms with E-state index in [1.165, 1.54) is 152 Å². The van der Waals surface area contributed by atoms with E-state index in [9.17, 15) is 0 Å². The maximum absolute atomic E-state index is 2.33. The Balaban J connectivity index is 3.82. The van der Waals surface area contributed by atoms with E-state index in [4.69, 9.17) is 0 Å². The minimum atomic E-state index is 0.0986. The second kappa shape index (κ2) is 29.5. The molecule has 0 spiro atoms. The number of rotatable bonds is 27. The highest BCUT2D eigenvalue weighted by molar-refractivity contribution is 9.12. The van der Waals surface area contributed by atoms with Gasteiger partial charge in [0.2, 0.25) is 0 Å². The molecule has 0 saturated heterocycles. The largest absolute Gasteiger partial charge is 0.112 e. The second-order valence-corrected chi connectivity index (χ2v) is 19.2. The molecule has 0 saturated carbocycles. The lowest BCUT2D eigenvalue weighted by atomic mass is 10.1. The molecule has 0 aromatic rings. The topological polar surface area (TPSA) is 0 Å². The van der Waals surface area contributed by atoms with Crippen LogP contribution >= 0.6 is 39.7 Å². The quantitative estimate of drug-likeness (QED) is 0.0799. The molecule has 0 radical (unpaired) electrons. The van der Waals surface area contributed by atoms with E-state index in [0.717, 1.165) is 0 Å². The summed E-state index contributed by atoms with van der Waals surface area (Å²) >= 11 is 6.99. The molecule has 188 valence electrons. The van der Waals surface area contributed by atoms with Gasteiger partial charge in [0, 0.05) is 0 Å². The van der Waals surface area contributed by atoms with Crippen molar-refractivity contribution in [3.8, 4) is 0 Å². The van der Waals surface area contributed by atoms with E-state index < -0.39 is 0 Å². The zero-order valence-electron chi connectivity index (χ0n) is 21.6. The Bertz CT molecular complexity index is 267. The van der Waals surface area contributed by atoms with E-state index in [0.29, 0.717) is 0 Å². The van der Waals surface area contributed by atoms with Gasteiger partial charge >= 0.3 is 0 Å². The average Bonchev–Trinajstić information content (AvgIpc) is 2.78. The molecule has 0 aliphatic heterocycles. The summed E-state index contributed by atoms with van der Waals surface area (Å²) < 4.78 is 0. The minimum Gasteiger partial charge on any atom is -0.112 e. The Kier molecular flexibility index (Phi) is 30.9. The van der Waals surface area contributed by atoms with E-state index in [1.54, 1.807) is 0 Å². The normalized spacial score (nSPS) is 11.6. The van der Waals surface area contributed by atoms with Gasteiger partial charge in [-0.1, -0.05) is 136 Å². The number of hydrogen-bond donors (Lipinski definition) is 0. The van der Waals surface area contributed by atoms with Crippen molar-refractivity contribution in [3.63, 3.8) is 0 Å². The van der Waals surface area contributed by atoms with Gasteiger partial charge < -0.3 is 0 Å². The van der Waals surface area contributed by atoms with Crippen LogP contribution in [0.5, 0.6) is 0 Å². The predicted octanol–water partition coefficient (Wildman–Crippen LogP) is 12.7. The molecule has 4 heteroatoms. The van der Waals surface area contributed by atoms with Crippen LogP contribution in [0.1, 0.15) is 156 Å². The van der Waals surface area contributed by atoms with Crippen molar-refractivity contribution in [2.24, 2.45) is 0 Å². The van der Waals surface area contributed by atoms with Gasteiger partial charge in [0.15, 0.2) is 0 Å². The average molecular weight is 509 g/mol. The van der Waals surface area contributed by atoms with E-state index in [-0.39, 0.29) is 5.53 Å². The first-order chi connectivity index (χ1) is 15.3. The lowest BCUT2D eigenvalue weighted by Gasteiger charge is -2.15. The highest BCUT2D eigenvalue weighted by atomic mass is 33.4. The van der Waals surface area contributed by atoms with Crippen molar-refractivity contribution in [1.29, 1.82) is 0 Å². The predicted molar refractivity (Wildman–Crippen MR) is 158 cm³/mol. The fraction of sp³-hybridized carbons (Fsp3) is 1.00. The maximum atomic E-state index is 2.33. The number of hydrogen-bond acceptors (Lipinski definition) is 3. The van der Waals surface area contributed by atoms with Crippen LogP contribution in [-0.2, 0) is 0 Å². The van der Waals surface area contributed by atoms with E-state index in [1.807, 2.05) is 0 Å². The van der Waals surface area contributed by atoms with E-state index >= 15 is 0 Å². The minimum absolute atomic E-state index is 0.0986. The van der Waals surface area contributed by atoms with Gasteiger partial charge in [-0.05, 0) is 36.5 Å². The smallest absolute Gasteiger partial charge is 0.0729 e. The molecule has 0 rings (SSSR count). The molecule has 0 amide bonds. The van der Waals surface area contributed by atoms with Crippen LogP contribution < -0.4 is 0 Å². The van der Waals surface area contributed by atoms with Crippen LogP contribution in [0.3, 0.4) is 0 Å². The summed E-state index contributed by atoms with van der Waals surface area (Å²) in [5, 5.41) is 0. The highest BCUT2D eigenvalue weighted by Gasteiger charge is 2.10. The third-order valence-corrected chi connectivity index (χ3v) is 17.1. The lowest BCUT2D eigenvalue weighted by Crippen LogP contribution is -1.84. The first-order valence-corrected chi connectivity index (χ1v) is 20.1. The fourth-order valence-electron chi connectivity index (χ4n) is 3.71. The number of unbranched alkanes of at least 4 members (excludes halogenated alkanes) is 18. The highest BCUT2D eigenvalue weighted by Crippen LogP contribution is 2.70. The molecule has 0 atom stereocenters. The summed E-state index contributed by atoms with van der Waals surface area (Å²) in [6.07, 6.45) is 30.3. The monoisotopic (exact) mass is 508 g/mol. The zero-order chi connectivity index (χ0) is 22.7. The molecule has 0 aromatic heterocycles. The molecule has 0 N–H and O–H groups in total. The SMILES string of the molecule is CCCCCCCCCSP(SCCCCCCCCC)SCCCCCCCCC. The fourth-order valence-corrected chi connectivity index (χ4v) is 14.6. The van der Waals surface area contributed by atoms with Gasteiger partial charge in [-0.3, -0.25) is 0 Å². The Morgan fingerprint density at radius 1 is 0.323 bits per heavy atom. The van der Waals surface area contributed by atoms with E-state index in [2.05, 4.69) is 54.9 Å². The Morgan fingerprint density at radius 3 is 0.806 bits per heavy atom. The summed E-state index contributed by atoms with van der Waals surface area (Å²) in [5.41, 5.74) is 0.0986. The summed E-state index contributed by atoms with van der Waals surface area (Å²) in [4.78, 5) is 0. The molecule has 0 fully saturated rings. The van der Waals surface area contributed by atoms with Crippen molar-refractivity contribution in [2.45, 2.75) is 156 Å². The van der Waals surface area contributed by atoms with Crippen molar-refractivity contribution in [2.75, 3.05) is 17.3 Å². The standard InChI is InChI=1S/C27H57PS3/c1-4-7-10-13-16-19-22-25-29-28(30-26-23-20-17-14-11-8-5-2)31-27-24-21-18-15-12-9-6-3/h4-27H2,1-3H3. The Labute approximate surface area is 211 Å². The molecular weight excluding hydrogens is 451 g/mol. The van der Waals surface area contributed by atoms with Gasteiger partial charge in [-0.25, -0.2) is 0 Å². The van der Waals surface area contributed by atoms with Crippen molar-refractivity contribution < 1.29 is 0 Å². The molecule has 0 unspecified atom stereocenters. The Hall–Kier alpha value is 1.48. The van der Waals surface area contributed by atoms with Crippen LogP contribution in [0.15, 0.2) is 0 Å². The van der Waals surface area contributed by atoms with Gasteiger partial charge in [0.1, 0.15) is 0 Å². The maximum Gasteiger partial charge on any atom is 0.0729 e. The molecule has 0 aromatic carbocycles. The lowest BCUT2D eigenvalue weighted by molar-refractivity contribution is 0.604. The molecule has 0 nitrogen and oxygen atoms in total. The van der Waals surface area contributed by atoms with Gasteiger partial charge in [-0.15, -0.1) is 34.1 Å². The third kappa shape index (κ3) is 27.6. The molecule has 0 aliphatic carbocycles. The van der Waals surface area contributed by atoms with Crippen LogP contribution in [-0.4, -0.2) is 17.3 Å². The Morgan fingerprint density at radius 2 is 0.548 bits per heavy atom. The van der Waals surface area contributed by atoms with Gasteiger partial charge in [0.25, 0.3) is 0 Å². The summed E-state index contributed by atoms with van der Waals surface area (Å²) in [6.45, 7) is 6.94. The first kappa shape index (κ1) is 32.5. The van der Waals surface area contributed by atoms with Crippen molar-refractivity contribution in [1.82, 2.24) is 0 Å². The third-order valence-electron chi connectivity index (χ3n) is 5.83. The molecular formula is C27H57PS3. The molecule has 31 heavy (non-hydrogen) atoms. The zero-order valence-corrected chi connectivity index (χ0v) is 25.0. The molecule has 0 bridgehead atoms. The van der Waals surface area contributed by atoms with Gasteiger partial charge in [0.05, 0.1) is 5.53 Å². The van der Waals surface area contributed by atoms with Crippen LogP contribution in [0.4, 0.5) is 0 Å². The summed E-state index contributed by atoms with van der Waals surface area (Å²) in [6, 6.07) is 0. The molecule has 0 heterocycles. The van der Waals surface area contributed by atoms with Gasteiger partial charge in [-0.2, -0.15) is 0 Å². The van der Waals surface area contributed by atoms with Crippen molar-refractivity contribution in [3.05, 3.63) is 0 Å². The van der Waals surface area contributed by atoms with Crippen molar-refractivity contribution >= 4 is 39.7 Å². The van der Waals surface area contributed by atoms with Crippen LogP contribution in [0.25, 0.3) is 0 Å². The van der Waals surface area contributed by atoms with Crippen LogP contribution in [0.2, 0.25) is 0 Å². The second-order valence-electron chi connectivity index (χ2n) is 9.09. The molecule has 0 aliphatic rings. The summed E-state index contributed by atoms with van der Waals surface area (Å²) in [7, 11) is 0.